The van der Waals surface area contributed by atoms with Gasteiger partial charge in [-0.3, -0.25) is 34.5 Å². The van der Waals surface area contributed by atoms with Crippen LogP contribution in [0.5, 0.6) is 11.8 Å². The number of aromatic nitrogens is 3. The first-order valence-electron chi connectivity index (χ1n) is 29.2. The van der Waals surface area contributed by atoms with Crippen LogP contribution in [-0.2, 0) is 25.6 Å². The van der Waals surface area contributed by atoms with Crippen LogP contribution in [0.4, 0.5) is 29.5 Å². The summed E-state index contributed by atoms with van der Waals surface area (Å²) in [6.45, 7) is 14.8. The SMILES string of the molecule is COCOc1cc(-c2ncc3c(N4CC5CCC(C4)N5C(=O)OC(C)(C)C)nc(OCC4(CN5CCC6(CC5)CC(CN5CCN(c7ccc8c(c7)CN([C@H]7CCC(=O)NC7=O)C8=O)CC5)C6)CC4)nc3c2F)c2c(F)c(F)ccc2c1. The predicted octanol–water partition coefficient (Wildman–Crippen LogP) is 8.07. The van der Waals surface area contributed by atoms with Crippen molar-refractivity contribution in [3.63, 3.8) is 0 Å². The summed E-state index contributed by atoms with van der Waals surface area (Å²) in [4.78, 5) is 78.4. The van der Waals surface area contributed by atoms with Gasteiger partial charge in [-0.25, -0.2) is 18.0 Å². The minimum atomic E-state index is -1.14. The van der Waals surface area contributed by atoms with E-state index in [0.29, 0.717) is 60.8 Å². The molecule has 21 heteroatoms. The summed E-state index contributed by atoms with van der Waals surface area (Å²) in [6.07, 6.45) is 10.0. The summed E-state index contributed by atoms with van der Waals surface area (Å²) in [5.41, 5.74) is 1.93. The van der Waals surface area contributed by atoms with Gasteiger partial charge in [0, 0.05) is 106 Å². The number of ether oxygens (including phenoxy) is 4. The maximum Gasteiger partial charge on any atom is 0.410 e. The molecule has 2 saturated carbocycles. The Morgan fingerprint density at radius 1 is 0.817 bits per heavy atom. The lowest BCUT2D eigenvalue weighted by atomic mass is 9.57. The van der Waals surface area contributed by atoms with E-state index in [1.165, 1.54) is 57.2 Å². The highest BCUT2D eigenvalue weighted by atomic mass is 19.2. The Bertz CT molecular complexity index is 3360. The highest BCUT2D eigenvalue weighted by Crippen LogP contribution is 2.54. The molecule has 5 aromatic rings. The Hall–Kier alpha value is -6.84. The van der Waals surface area contributed by atoms with Crippen molar-refractivity contribution < 1.29 is 51.3 Å². The number of hydrogen-bond acceptors (Lipinski definition) is 15. The summed E-state index contributed by atoms with van der Waals surface area (Å²) in [6, 6.07) is 10.4. The number of nitrogens with zero attached hydrogens (tertiary/aromatic N) is 9. The summed E-state index contributed by atoms with van der Waals surface area (Å²) in [7, 11) is 1.46. The standard InChI is InChI=1S/C61H71F3N10O8/c1-59(2,3)82-58(78)74-40-6-7-41(74)32-72(31-40)54-45-28-65-52(44-25-42(81-35-79-4)24-37-5-10-46(62)50(63)49(37)44)51(64)53(45)67-57(68-54)80-34-61(13-14-61)33-70-17-15-60(16-18-70)26-36(27-60)29-69-19-21-71(22-20-69)39-8-9-43-38(23-39)30-73(56(43)77)47-11-12-48(75)66-55(47)76/h5,8-10,23-25,28,36,40-41,47H,6-7,11-22,26-27,29-35H2,1-4H3,(H,66,75,76)/t40?,41?,47-/m0/s1. The lowest BCUT2D eigenvalue weighted by molar-refractivity contribution is -0.136. The van der Waals surface area contributed by atoms with Crippen LogP contribution in [0.25, 0.3) is 32.9 Å². The number of likely N-dealkylation sites (tertiary alicyclic amines) is 1. The molecule has 2 aromatic heterocycles. The highest BCUT2D eigenvalue weighted by molar-refractivity contribution is 6.06. The van der Waals surface area contributed by atoms with Crippen molar-refractivity contribution in [3.05, 3.63) is 77.2 Å². The number of imide groups is 1. The van der Waals surface area contributed by atoms with Crippen molar-refractivity contribution in [1.82, 2.24) is 39.9 Å². The van der Waals surface area contributed by atoms with Crippen LogP contribution in [0.1, 0.15) is 101 Å². The molecule has 18 nitrogen and oxygen atoms in total. The largest absolute Gasteiger partial charge is 0.468 e. The zero-order chi connectivity index (χ0) is 56.8. The molecule has 8 heterocycles. The molecule has 434 valence electrons. The van der Waals surface area contributed by atoms with Gasteiger partial charge in [0.25, 0.3) is 5.91 Å². The van der Waals surface area contributed by atoms with E-state index in [0.717, 1.165) is 95.4 Å². The molecule has 1 N–H and O–H groups in total. The number of carbonyl (C=O) groups is 4. The lowest BCUT2D eigenvalue weighted by Crippen LogP contribution is -2.57. The molecule has 8 aliphatic rings. The van der Waals surface area contributed by atoms with Crippen molar-refractivity contribution in [2.24, 2.45) is 16.7 Å². The van der Waals surface area contributed by atoms with E-state index >= 15 is 8.78 Å². The number of piperazine rings is 2. The topological polar surface area (TPSA) is 175 Å². The van der Waals surface area contributed by atoms with Gasteiger partial charge in [0.15, 0.2) is 24.2 Å². The van der Waals surface area contributed by atoms with Crippen LogP contribution in [0, 0.1) is 34.2 Å². The van der Waals surface area contributed by atoms with E-state index < -0.39 is 35.0 Å². The van der Waals surface area contributed by atoms with Gasteiger partial charge in [0.05, 0.1) is 24.1 Å². The molecule has 7 fully saturated rings. The minimum absolute atomic E-state index is 0.00605. The second-order valence-electron chi connectivity index (χ2n) is 25.5. The second kappa shape index (κ2) is 21.1. The first-order chi connectivity index (χ1) is 39.4. The van der Waals surface area contributed by atoms with Gasteiger partial charge < -0.3 is 38.5 Å². The summed E-state index contributed by atoms with van der Waals surface area (Å²) < 4.78 is 71.4. The minimum Gasteiger partial charge on any atom is -0.468 e. The van der Waals surface area contributed by atoms with Gasteiger partial charge in [-0.2, -0.15) is 9.97 Å². The molecule has 82 heavy (non-hydrogen) atoms. The Morgan fingerprint density at radius 2 is 1.57 bits per heavy atom. The van der Waals surface area contributed by atoms with Gasteiger partial charge in [0.2, 0.25) is 11.8 Å². The molecule has 13 rings (SSSR count). The zero-order valence-corrected chi connectivity index (χ0v) is 47.1. The Morgan fingerprint density at radius 3 is 2.28 bits per heavy atom. The molecule has 3 atom stereocenters. The van der Waals surface area contributed by atoms with Crippen LogP contribution in [0.15, 0.2) is 48.7 Å². The summed E-state index contributed by atoms with van der Waals surface area (Å²) in [5.74, 6) is -2.57. The number of nitrogens with one attached hydrogen (secondary N) is 1. The first kappa shape index (κ1) is 54.4. The maximum absolute atomic E-state index is 17.5. The number of piperidine rings is 2. The van der Waals surface area contributed by atoms with E-state index in [1.54, 1.807) is 4.90 Å². The number of pyridine rings is 1. The fourth-order valence-corrected chi connectivity index (χ4v) is 14.4. The van der Waals surface area contributed by atoms with Gasteiger partial charge >= 0.3 is 12.1 Å². The fraction of sp³-hybridized carbons (Fsp3) is 0.557. The smallest absolute Gasteiger partial charge is 0.410 e. The van der Waals surface area contributed by atoms with Gasteiger partial charge in [-0.05, 0) is 150 Å². The molecule has 2 aliphatic carbocycles. The summed E-state index contributed by atoms with van der Waals surface area (Å²) >= 11 is 0. The molecule has 0 radical (unpaired) electrons. The van der Waals surface area contributed by atoms with Crippen LogP contribution in [0.3, 0.4) is 0 Å². The lowest BCUT2D eigenvalue weighted by Gasteiger charge is -2.54. The number of methoxy groups -OCH3 is 1. The Balaban J connectivity index is 0.653. The van der Waals surface area contributed by atoms with Crippen LogP contribution in [-0.4, -0.2) is 168 Å². The third-order valence-corrected chi connectivity index (χ3v) is 18.8. The van der Waals surface area contributed by atoms with Crippen molar-refractivity contribution in [2.75, 3.05) is 95.8 Å². The third-order valence-electron chi connectivity index (χ3n) is 18.8. The number of hydrogen-bond donors (Lipinski definition) is 1. The molecular formula is C61H71F3N10O8. The first-order valence-corrected chi connectivity index (χ1v) is 29.2. The number of carbonyl (C=O) groups excluding carboxylic acids is 4. The van der Waals surface area contributed by atoms with Gasteiger partial charge in [-0.1, -0.05) is 6.07 Å². The number of amides is 4. The van der Waals surface area contributed by atoms with Crippen molar-refractivity contribution in [2.45, 2.75) is 115 Å². The highest BCUT2D eigenvalue weighted by Gasteiger charge is 2.50. The molecule has 3 aromatic carbocycles. The van der Waals surface area contributed by atoms with E-state index in [-0.39, 0.29) is 87.9 Å². The third kappa shape index (κ3) is 10.4. The van der Waals surface area contributed by atoms with Crippen LogP contribution >= 0.6 is 0 Å². The van der Waals surface area contributed by atoms with Crippen LogP contribution < -0.4 is 24.6 Å². The quantitative estimate of drug-likeness (QED) is 0.0834. The fourth-order valence-electron chi connectivity index (χ4n) is 14.4. The van der Waals surface area contributed by atoms with E-state index in [9.17, 15) is 23.6 Å². The number of rotatable bonds is 14. The molecule has 2 unspecified atom stereocenters. The van der Waals surface area contributed by atoms with Crippen molar-refractivity contribution in [1.29, 1.82) is 0 Å². The molecule has 1 spiro atoms. The van der Waals surface area contributed by atoms with Crippen molar-refractivity contribution in [3.8, 4) is 23.0 Å². The number of benzene rings is 3. The number of fused-ring (bicyclic) bond motifs is 5. The second-order valence-corrected chi connectivity index (χ2v) is 25.5. The summed E-state index contributed by atoms with van der Waals surface area (Å²) in [5, 5.41) is 2.83. The van der Waals surface area contributed by atoms with E-state index in [1.807, 2.05) is 37.8 Å². The van der Waals surface area contributed by atoms with Crippen LogP contribution in [0.2, 0.25) is 0 Å². The average Bonchev–Trinajstić information content (AvgIpc) is 4.02. The zero-order valence-electron chi connectivity index (χ0n) is 47.1. The molecule has 2 bridgehead atoms. The molecular weight excluding hydrogens is 1060 g/mol. The molecule has 6 aliphatic heterocycles. The predicted molar refractivity (Wildman–Crippen MR) is 299 cm³/mol. The van der Waals surface area contributed by atoms with E-state index in [4.69, 9.17) is 28.9 Å². The normalized spacial score (nSPS) is 23.6. The molecule has 5 saturated heterocycles. The number of halogens is 3. The van der Waals surface area contributed by atoms with Crippen molar-refractivity contribution >= 4 is 57.0 Å². The molecule has 4 amide bonds. The Kier molecular flexibility index (Phi) is 14.0. The van der Waals surface area contributed by atoms with E-state index in [2.05, 4.69) is 36.0 Å². The Labute approximate surface area is 474 Å². The average molecular weight is 1130 g/mol. The van der Waals surface area contributed by atoms with Gasteiger partial charge in [-0.15, -0.1) is 0 Å². The number of anilines is 2. The van der Waals surface area contributed by atoms with Gasteiger partial charge in [0.1, 0.15) is 34.4 Å². The maximum atomic E-state index is 17.5. The monoisotopic (exact) mass is 1130 g/mol.